The summed E-state index contributed by atoms with van der Waals surface area (Å²) in [5.41, 5.74) is 12.0. The molecule has 13 rings (SSSR count). The van der Waals surface area contributed by atoms with Crippen LogP contribution in [0, 0.1) is 52.8 Å². The summed E-state index contributed by atoms with van der Waals surface area (Å²) in [7, 11) is 2.41. The first-order chi connectivity index (χ1) is 35.3. The predicted molar refractivity (Wildman–Crippen MR) is 304 cm³/mol. The van der Waals surface area contributed by atoms with Crippen LogP contribution in [0.25, 0.3) is 21.4 Å². The van der Waals surface area contributed by atoms with E-state index in [0.717, 1.165) is 25.7 Å². The summed E-state index contributed by atoms with van der Waals surface area (Å²) in [6.07, 6.45) is 63.3. The number of thiophene rings is 1. The number of benzene rings is 1. The molecule has 0 radical (unpaired) electrons. The Morgan fingerprint density at radius 3 is 2.47 bits per heavy atom. The zero-order valence-electron chi connectivity index (χ0n) is 43.8. The van der Waals surface area contributed by atoms with Crippen molar-refractivity contribution in [1.29, 1.82) is 0 Å². The molecule has 1 saturated heterocycles. The lowest BCUT2D eigenvalue weighted by Crippen LogP contribution is -2.71. The van der Waals surface area contributed by atoms with Crippen molar-refractivity contribution in [2.24, 2.45) is 57.8 Å². The molecule has 376 valence electrons. The Bertz CT molecular complexity index is 2820. The van der Waals surface area contributed by atoms with Crippen molar-refractivity contribution in [1.82, 2.24) is 20.4 Å². The Labute approximate surface area is 436 Å². The second kappa shape index (κ2) is 19.7. The SMILES string of the molecule is CC1C=CC(C2NC(C3=C(c4ccc5sc6c(c5c4)C4=C(CC6C)N(C5C=CC=CC5)C5=CCCCC54)N=CC(C4C=C(C5(C)C=CCCC5)C=CC4C4C=CCCC4)C3)NC(C3CC=CCC3)N2C)CC1. The molecule has 0 amide bonds. The summed E-state index contributed by atoms with van der Waals surface area (Å²) < 4.78 is 1.43. The summed E-state index contributed by atoms with van der Waals surface area (Å²) in [4.78, 5) is 13.0. The van der Waals surface area contributed by atoms with Crippen LogP contribution in [0.2, 0.25) is 0 Å². The second-order valence-electron chi connectivity index (χ2n) is 24.5. The molecule has 1 fully saturated rings. The van der Waals surface area contributed by atoms with Crippen LogP contribution in [0.3, 0.4) is 0 Å². The van der Waals surface area contributed by atoms with Gasteiger partial charge in [-0.15, -0.1) is 11.3 Å². The maximum absolute atomic E-state index is 5.89. The van der Waals surface area contributed by atoms with Crippen molar-refractivity contribution in [2.75, 3.05) is 7.05 Å². The zero-order valence-corrected chi connectivity index (χ0v) is 44.6. The first-order valence-electron chi connectivity index (χ1n) is 29.0. The number of fused-ring (bicyclic) bond motifs is 6. The molecule has 11 aliphatic rings. The first-order valence-corrected chi connectivity index (χ1v) is 29.8. The monoisotopic (exact) mass is 976 g/mol. The molecule has 6 heteroatoms. The van der Waals surface area contributed by atoms with Crippen LogP contribution >= 0.6 is 11.3 Å². The smallest absolute Gasteiger partial charge is 0.0843 e. The van der Waals surface area contributed by atoms with E-state index in [1.165, 1.54) is 116 Å². The molecule has 2 aromatic rings. The van der Waals surface area contributed by atoms with Crippen molar-refractivity contribution in [3.63, 3.8) is 0 Å². The van der Waals surface area contributed by atoms with Gasteiger partial charge in [0.2, 0.25) is 0 Å². The van der Waals surface area contributed by atoms with Crippen molar-refractivity contribution in [3.05, 3.63) is 154 Å². The average Bonchev–Trinajstić information content (AvgIpc) is 3.98. The molecule has 14 unspecified atom stereocenters. The molecule has 0 saturated carbocycles. The molecule has 2 N–H and O–H groups in total. The summed E-state index contributed by atoms with van der Waals surface area (Å²) in [6.45, 7) is 7.40. The fourth-order valence-corrected chi connectivity index (χ4v) is 17.1. The number of nitrogens with zero attached hydrogens (tertiary/aromatic N) is 3. The van der Waals surface area contributed by atoms with Crippen LogP contribution in [0.15, 0.2) is 143 Å². The highest BCUT2D eigenvalue weighted by molar-refractivity contribution is 7.19. The fraction of sp³-hybridized carbons (Fsp3) is 0.530. The van der Waals surface area contributed by atoms with Gasteiger partial charge in [-0.25, -0.2) is 0 Å². The standard InChI is InChI=1S/C66H81N5S/c1-42-27-29-46(30-28-42)65-69-63(68-64(70(65)4)45-21-11-6-12-22-45)55-39-48(53-40-49(66(3)35-17-8-18-36-66)32-33-51(53)44-19-9-5-10-20-44)41-67-61(55)47-31-34-58-54(38-47)60-59-52-25-15-16-26-56(52)71(50-23-13-7-14-24-50)57(59)37-43(2)62(60)72-58/h6-7,9,11,13-14,17,19,23,26-27,29,31-35,38,40-46,48,50-53,63-65,68-69H,5,8,10,12,15-16,18,20-22,24-25,28,30,36-37,39H2,1-4H3. The van der Waals surface area contributed by atoms with Crippen molar-refractivity contribution >= 4 is 38.9 Å². The van der Waals surface area contributed by atoms with E-state index in [-0.39, 0.29) is 23.9 Å². The van der Waals surface area contributed by atoms with Crippen molar-refractivity contribution < 1.29 is 0 Å². The molecular weight excluding hydrogens is 895 g/mol. The summed E-state index contributed by atoms with van der Waals surface area (Å²) in [6, 6.07) is 7.96. The van der Waals surface area contributed by atoms with E-state index in [2.05, 4.69) is 181 Å². The highest BCUT2D eigenvalue weighted by Crippen LogP contribution is 2.59. The Balaban J connectivity index is 0.947. The number of hydrogen-bond donors (Lipinski definition) is 2. The Hall–Kier alpha value is -4.33. The molecule has 0 spiro atoms. The number of rotatable bonds is 8. The van der Waals surface area contributed by atoms with E-state index in [4.69, 9.17) is 4.99 Å². The molecule has 5 nitrogen and oxygen atoms in total. The molecule has 8 aliphatic carbocycles. The number of nitrogens with one attached hydrogen (secondary N) is 2. The molecule has 0 bridgehead atoms. The summed E-state index contributed by atoms with van der Waals surface area (Å²) in [5, 5.41) is 10.3. The van der Waals surface area contributed by atoms with Crippen LogP contribution < -0.4 is 10.6 Å². The first kappa shape index (κ1) is 47.4. The number of hydrogen-bond acceptors (Lipinski definition) is 6. The van der Waals surface area contributed by atoms with Crippen LogP contribution in [0.5, 0.6) is 0 Å². The number of allylic oxidation sites excluding steroid dienone is 16. The van der Waals surface area contributed by atoms with Crippen LogP contribution in [-0.2, 0) is 0 Å². The highest BCUT2D eigenvalue weighted by Gasteiger charge is 2.47. The third-order valence-corrected chi connectivity index (χ3v) is 21.2. The van der Waals surface area contributed by atoms with Gasteiger partial charge in [0.25, 0.3) is 0 Å². The highest BCUT2D eigenvalue weighted by atomic mass is 32.1. The van der Waals surface area contributed by atoms with Gasteiger partial charge in [-0.1, -0.05) is 124 Å². The molecule has 1 aromatic heterocycles. The lowest BCUT2D eigenvalue weighted by Gasteiger charge is -2.52. The molecular formula is C66H81N5S. The van der Waals surface area contributed by atoms with Gasteiger partial charge in [0.15, 0.2) is 0 Å². The quantitative estimate of drug-likeness (QED) is 0.259. The lowest BCUT2D eigenvalue weighted by molar-refractivity contribution is -0.00550. The minimum Gasteiger partial charge on any atom is -0.341 e. The normalized spacial score (nSPS) is 38.6. The summed E-state index contributed by atoms with van der Waals surface area (Å²) >= 11 is 2.08. The van der Waals surface area contributed by atoms with E-state index in [9.17, 15) is 0 Å². The van der Waals surface area contributed by atoms with E-state index in [0.29, 0.717) is 59.3 Å². The van der Waals surface area contributed by atoms with Crippen LogP contribution in [0.4, 0.5) is 0 Å². The Morgan fingerprint density at radius 1 is 0.764 bits per heavy atom. The van der Waals surface area contributed by atoms with Gasteiger partial charge in [-0.3, -0.25) is 20.5 Å². The zero-order chi connectivity index (χ0) is 48.5. The van der Waals surface area contributed by atoms with Gasteiger partial charge in [-0.2, -0.15) is 0 Å². The van der Waals surface area contributed by atoms with Crippen molar-refractivity contribution in [3.8, 4) is 0 Å². The van der Waals surface area contributed by atoms with Gasteiger partial charge in [0, 0.05) is 66.9 Å². The van der Waals surface area contributed by atoms with E-state index >= 15 is 0 Å². The molecule has 72 heavy (non-hydrogen) atoms. The fourth-order valence-electron chi connectivity index (χ4n) is 15.9. The molecule has 14 atom stereocenters. The largest absolute Gasteiger partial charge is 0.341 e. The summed E-state index contributed by atoms with van der Waals surface area (Å²) in [5.74, 6) is 4.35. The van der Waals surface area contributed by atoms with Crippen LogP contribution in [0.1, 0.15) is 152 Å². The van der Waals surface area contributed by atoms with Gasteiger partial charge in [0.1, 0.15) is 0 Å². The lowest BCUT2D eigenvalue weighted by atomic mass is 9.64. The topological polar surface area (TPSA) is 42.9 Å². The minimum absolute atomic E-state index is 0.0107. The van der Waals surface area contributed by atoms with E-state index in [1.807, 2.05) is 0 Å². The molecule has 1 aromatic carbocycles. The van der Waals surface area contributed by atoms with E-state index < -0.39 is 0 Å². The average molecular weight is 976 g/mol. The Morgan fingerprint density at radius 2 is 1.67 bits per heavy atom. The maximum Gasteiger partial charge on any atom is 0.0843 e. The second-order valence-corrected chi connectivity index (χ2v) is 25.6. The molecule has 4 heterocycles. The van der Waals surface area contributed by atoms with E-state index in [1.54, 1.807) is 27.4 Å². The Kier molecular flexibility index (Phi) is 13.0. The van der Waals surface area contributed by atoms with Crippen molar-refractivity contribution in [2.45, 2.75) is 160 Å². The molecule has 3 aliphatic heterocycles. The third-order valence-electron chi connectivity index (χ3n) is 19.8. The van der Waals surface area contributed by atoms with Gasteiger partial charge in [0.05, 0.1) is 30.2 Å². The predicted octanol–water partition coefficient (Wildman–Crippen LogP) is 15.7. The third kappa shape index (κ3) is 8.51. The number of aliphatic imine (C=N–C) groups is 1. The van der Waals surface area contributed by atoms with Gasteiger partial charge in [-0.05, 0) is 181 Å². The maximum atomic E-state index is 5.89. The van der Waals surface area contributed by atoms with Gasteiger partial charge < -0.3 is 4.90 Å². The van der Waals surface area contributed by atoms with Crippen LogP contribution in [-0.4, -0.2) is 47.6 Å². The van der Waals surface area contributed by atoms with Gasteiger partial charge >= 0.3 is 0 Å². The minimum atomic E-state index is 0.0107.